The van der Waals surface area contributed by atoms with Gasteiger partial charge in [0.2, 0.25) is 5.95 Å². The van der Waals surface area contributed by atoms with Crippen molar-refractivity contribution in [2.75, 3.05) is 18.6 Å². The van der Waals surface area contributed by atoms with Crippen molar-refractivity contribution in [3.8, 4) is 11.5 Å². The Morgan fingerprint density at radius 3 is 2.49 bits per heavy atom. The van der Waals surface area contributed by atoms with Crippen LogP contribution in [0.25, 0.3) is 16.8 Å². The fourth-order valence-corrected chi connectivity index (χ4v) is 4.31. The molecule has 1 unspecified atom stereocenters. The Balaban J connectivity index is 1.70. The van der Waals surface area contributed by atoms with Crippen molar-refractivity contribution in [2.24, 2.45) is 0 Å². The lowest BCUT2D eigenvalue weighted by atomic mass is 9.95. The van der Waals surface area contributed by atoms with Crippen molar-refractivity contribution in [3.63, 3.8) is 0 Å². The SMILES string of the molecule is CCOc1ccc(/C(O)=C2\C(=O)C(=O)N(c3nc4cc(F)c(F)cc4[nH]3)C2c2cccc(OC)c2)cc1. The van der Waals surface area contributed by atoms with Gasteiger partial charge in [0.1, 0.15) is 17.3 Å². The molecule has 1 atom stereocenters. The minimum absolute atomic E-state index is 0.0618. The molecule has 8 nitrogen and oxygen atoms in total. The van der Waals surface area contributed by atoms with Gasteiger partial charge in [-0.2, -0.15) is 0 Å². The van der Waals surface area contributed by atoms with E-state index < -0.39 is 35.1 Å². The van der Waals surface area contributed by atoms with Gasteiger partial charge < -0.3 is 19.6 Å². The Morgan fingerprint density at radius 2 is 1.78 bits per heavy atom. The van der Waals surface area contributed by atoms with E-state index in [0.29, 0.717) is 29.2 Å². The topological polar surface area (TPSA) is 105 Å². The summed E-state index contributed by atoms with van der Waals surface area (Å²) < 4.78 is 38.4. The van der Waals surface area contributed by atoms with Crippen LogP contribution in [0.15, 0.2) is 66.2 Å². The molecule has 1 saturated heterocycles. The van der Waals surface area contributed by atoms with Crippen molar-refractivity contribution in [1.82, 2.24) is 9.97 Å². The second-order valence-corrected chi connectivity index (χ2v) is 8.25. The Bertz CT molecular complexity index is 1520. The van der Waals surface area contributed by atoms with Gasteiger partial charge in [0.15, 0.2) is 11.6 Å². The molecule has 2 N–H and O–H groups in total. The maximum absolute atomic E-state index is 13.8. The fourth-order valence-electron chi connectivity index (χ4n) is 4.31. The average Bonchev–Trinajstić information content (AvgIpc) is 3.42. The zero-order chi connectivity index (χ0) is 26.3. The van der Waals surface area contributed by atoms with Crippen LogP contribution >= 0.6 is 0 Å². The molecule has 0 spiro atoms. The number of hydrogen-bond acceptors (Lipinski definition) is 6. The molecule has 0 radical (unpaired) electrons. The maximum Gasteiger partial charge on any atom is 0.302 e. The number of fused-ring (bicyclic) bond motifs is 1. The van der Waals surface area contributed by atoms with Crippen LogP contribution in [0.4, 0.5) is 14.7 Å². The Labute approximate surface area is 209 Å². The Kier molecular flexibility index (Phi) is 6.08. The number of amides is 1. The van der Waals surface area contributed by atoms with Gasteiger partial charge in [-0.1, -0.05) is 12.1 Å². The maximum atomic E-state index is 13.8. The summed E-state index contributed by atoms with van der Waals surface area (Å²) in [6.07, 6.45) is 0. The molecule has 2 heterocycles. The number of hydrogen-bond donors (Lipinski definition) is 2. The van der Waals surface area contributed by atoms with Crippen LogP contribution in [0.1, 0.15) is 24.1 Å². The summed E-state index contributed by atoms with van der Waals surface area (Å²) in [5.41, 5.74) is 0.755. The number of anilines is 1. The van der Waals surface area contributed by atoms with Gasteiger partial charge in [-0.05, 0) is 48.9 Å². The third kappa shape index (κ3) is 4.16. The molecule has 1 fully saturated rings. The highest BCUT2D eigenvalue weighted by molar-refractivity contribution is 6.51. The molecule has 188 valence electrons. The highest BCUT2D eigenvalue weighted by Gasteiger charge is 2.48. The highest BCUT2D eigenvalue weighted by atomic mass is 19.2. The molecule has 1 aromatic heterocycles. The van der Waals surface area contributed by atoms with E-state index >= 15 is 0 Å². The predicted octanol–water partition coefficient (Wildman–Crippen LogP) is 4.87. The number of ether oxygens (including phenoxy) is 2. The number of nitrogens with one attached hydrogen (secondary N) is 1. The standard InChI is InChI=1S/C27H21F2N3O5/c1-3-37-16-9-7-14(8-10-16)24(33)22-23(15-5-4-6-17(11-15)36-2)32(26(35)25(22)34)27-30-20-12-18(28)19(29)13-21(20)31-27/h4-13,23,33H,3H2,1-2H3,(H,30,31)/b24-22+. The second-order valence-electron chi connectivity index (χ2n) is 8.25. The van der Waals surface area contributed by atoms with Gasteiger partial charge in [-0.3, -0.25) is 14.5 Å². The molecular weight excluding hydrogens is 484 g/mol. The number of aliphatic hydroxyl groups is 1. The van der Waals surface area contributed by atoms with Gasteiger partial charge in [-0.15, -0.1) is 0 Å². The average molecular weight is 505 g/mol. The van der Waals surface area contributed by atoms with Crippen molar-refractivity contribution in [3.05, 3.63) is 89.0 Å². The fraction of sp³-hybridized carbons (Fsp3) is 0.148. The number of methoxy groups -OCH3 is 1. The van der Waals surface area contributed by atoms with E-state index in [1.54, 1.807) is 48.5 Å². The van der Waals surface area contributed by atoms with Crippen LogP contribution in [-0.4, -0.2) is 40.5 Å². The van der Waals surface area contributed by atoms with Crippen LogP contribution < -0.4 is 14.4 Å². The minimum atomic E-state index is -1.11. The van der Waals surface area contributed by atoms with Crippen LogP contribution in [0, 0.1) is 11.6 Å². The van der Waals surface area contributed by atoms with Crippen molar-refractivity contribution in [1.29, 1.82) is 0 Å². The molecule has 0 saturated carbocycles. The molecule has 37 heavy (non-hydrogen) atoms. The number of aliphatic hydroxyl groups excluding tert-OH is 1. The molecule has 4 aromatic rings. The third-order valence-corrected chi connectivity index (χ3v) is 6.03. The van der Waals surface area contributed by atoms with E-state index in [-0.39, 0.29) is 22.6 Å². The molecule has 5 rings (SSSR count). The Morgan fingerprint density at radius 1 is 1.05 bits per heavy atom. The summed E-state index contributed by atoms with van der Waals surface area (Å²) in [5.74, 6) is -3.59. The molecule has 1 amide bonds. The number of carbonyl (C=O) groups excluding carboxylic acids is 2. The zero-order valence-electron chi connectivity index (χ0n) is 19.8. The number of rotatable bonds is 6. The monoisotopic (exact) mass is 505 g/mol. The van der Waals surface area contributed by atoms with Crippen molar-refractivity contribution in [2.45, 2.75) is 13.0 Å². The van der Waals surface area contributed by atoms with Gasteiger partial charge in [0.05, 0.1) is 36.4 Å². The van der Waals surface area contributed by atoms with Gasteiger partial charge in [0.25, 0.3) is 5.78 Å². The Hall–Kier alpha value is -4.73. The van der Waals surface area contributed by atoms with Crippen molar-refractivity contribution >= 4 is 34.4 Å². The predicted molar refractivity (Wildman–Crippen MR) is 131 cm³/mol. The molecule has 1 aliphatic rings. The number of aromatic nitrogens is 2. The quantitative estimate of drug-likeness (QED) is 0.220. The first-order valence-electron chi connectivity index (χ1n) is 11.3. The molecular formula is C27H21F2N3O5. The van der Waals surface area contributed by atoms with Crippen LogP contribution in [0.3, 0.4) is 0 Å². The first-order chi connectivity index (χ1) is 17.8. The number of Topliss-reactive ketones (excluding diaryl/α,β-unsaturated/α-hetero) is 1. The first kappa shape index (κ1) is 24.0. The third-order valence-electron chi connectivity index (χ3n) is 6.03. The summed E-state index contributed by atoms with van der Waals surface area (Å²) in [5, 5.41) is 11.2. The normalized spacial score (nSPS) is 17.0. The summed E-state index contributed by atoms with van der Waals surface area (Å²) in [6.45, 7) is 2.29. The van der Waals surface area contributed by atoms with E-state index in [4.69, 9.17) is 9.47 Å². The number of H-pyrrole nitrogens is 1. The highest BCUT2D eigenvalue weighted by Crippen LogP contribution is 2.42. The van der Waals surface area contributed by atoms with Crippen LogP contribution in [-0.2, 0) is 9.59 Å². The number of benzene rings is 3. The van der Waals surface area contributed by atoms with E-state index in [1.165, 1.54) is 7.11 Å². The van der Waals surface area contributed by atoms with E-state index in [0.717, 1.165) is 17.0 Å². The van der Waals surface area contributed by atoms with E-state index in [2.05, 4.69) is 9.97 Å². The number of imidazole rings is 1. The summed E-state index contributed by atoms with van der Waals surface area (Å²) in [7, 11) is 1.47. The van der Waals surface area contributed by atoms with E-state index in [1.807, 2.05) is 6.92 Å². The first-order valence-corrected chi connectivity index (χ1v) is 11.3. The zero-order valence-corrected chi connectivity index (χ0v) is 19.8. The van der Waals surface area contributed by atoms with Gasteiger partial charge >= 0.3 is 5.91 Å². The number of halogens is 2. The number of ketones is 1. The minimum Gasteiger partial charge on any atom is -0.507 e. The van der Waals surface area contributed by atoms with Crippen molar-refractivity contribution < 1.29 is 33.0 Å². The van der Waals surface area contributed by atoms with Crippen LogP contribution in [0.5, 0.6) is 11.5 Å². The number of carbonyl (C=O) groups is 2. The molecule has 10 heteroatoms. The smallest absolute Gasteiger partial charge is 0.302 e. The number of aromatic amines is 1. The molecule has 3 aromatic carbocycles. The van der Waals surface area contributed by atoms with E-state index in [9.17, 15) is 23.5 Å². The number of nitrogens with zero attached hydrogens (tertiary/aromatic N) is 2. The summed E-state index contributed by atoms with van der Waals surface area (Å²) >= 11 is 0. The lowest BCUT2D eigenvalue weighted by Gasteiger charge is -2.23. The lowest BCUT2D eigenvalue weighted by molar-refractivity contribution is -0.132. The second kappa shape index (κ2) is 9.38. The summed E-state index contributed by atoms with van der Waals surface area (Å²) in [4.78, 5) is 34.7. The lowest BCUT2D eigenvalue weighted by Crippen LogP contribution is -2.30. The largest absolute Gasteiger partial charge is 0.507 e. The molecule has 1 aliphatic heterocycles. The van der Waals surface area contributed by atoms with Gasteiger partial charge in [-0.25, -0.2) is 13.8 Å². The van der Waals surface area contributed by atoms with Gasteiger partial charge in [0, 0.05) is 17.7 Å². The van der Waals surface area contributed by atoms with Crippen LogP contribution in [0.2, 0.25) is 0 Å². The molecule has 0 aliphatic carbocycles. The molecule has 0 bridgehead atoms. The summed E-state index contributed by atoms with van der Waals surface area (Å²) in [6, 6.07) is 13.8.